The lowest BCUT2D eigenvalue weighted by Crippen LogP contribution is -2.45. The molecule has 1 atom stereocenters. The quantitative estimate of drug-likeness (QED) is 0.830. The fourth-order valence-corrected chi connectivity index (χ4v) is 5.03. The zero-order valence-electron chi connectivity index (χ0n) is 15.6. The highest BCUT2D eigenvalue weighted by atomic mass is 32.2. The van der Waals surface area contributed by atoms with Crippen LogP contribution < -0.4 is 5.32 Å². The molecule has 6 heteroatoms. The van der Waals surface area contributed by atoms with Gasteiger partial charge in [0.25, 0.3) is 0 Å². The molecule has 1 fully saturated rings. The summed E-state index contributed by atoms with van der Waals surface area (Å²) in [7, 11) is -3.42. The normalized spacial score (nSPS) is 18.2. The Bertz CT molecular complexity index is 881. The van der Waals surface area contributed by atoms with E-state index in [4.69, 9.17) is 0 Å². The first-order valence-corrected chi connectivity index (χ1v) is 10.9. The standard InChI is InChI=1S/C21H26N2O3S/c1-17-8-5-6-11-19(17)14-22-21(24)20-12-7-13-23(15-20)27(25,26)16-18-9-3-2-4-10-18/h2-6,8-11,20H,7,12-16H2,1H3,(H,22,24)/t20-/m1/s1. The van der Waals surface area contributed by atoms with Crippen molar-refractivity contribution in [3.63, 3.8) is 0 Å². The van der Waals surface area contributed by atoms with E-state index in [0.717, 1.165) is 23.1 Å². The lowest BCUT2D eigenvalue weighted by molar-refractivity contribution is -0.126. The fraction of sp³-hybridized carbons (Fsp3) is 0.381. The molecule has 3 rings (SSSR count). The minimum atomic E-state index is -3.42. The molecule has 1 aliphatic heterocycles. The van der Waals surface area contributed by atoms with Crippen molar-refractivity contribution in [1.82, 2.24) is 9.62 Å². The second-order valence-electron chi connectivity index (χ2n) is 7.08. The van der Waals surface area contributed by atoms with Crippen molar-refractivity contribution in [2.45, 2.75) is 32.1 Å². The number of rotatable bonds is 6. The molecule has 0 bridgehead atoms. The maximum atomic E-state index is 12.7. The largest absolute Gasteiger partial charge is 0.352 e. The van der Waals surface area contributed by atoms with Crippen molar-refractivity contribution in [2.24, 2.45) is 5.92 Å². The van der Waals surface area contributed by atoms with Crippen LogP contribution in [0.2, 0.25) is 0 Å². The van der Waals surface area contributed by atoms with Crippen LogP contribution in [0.1, 0.15) is 29.5 Å². The molecule has 1 amide bonds. The average Bonchev–Trinajstić information content (AvgIpc) is 2.68. The molecule has 1 saturated heterocycles. The molecule has 0 radical (unpaired) electrons. The highest BCUT2D eigenvalue weighted by Gasteiger charge is 2.32. The fourth-order valence-electron chi connectivity index (χ4n) is 3.42. The van der Waals surface area contributed by atoms with Gasteiger partial charge in [-0.3, -0.25) is 4.79 Å². The summed E-state index contributed by atoms with van der Waals surface area (Å²) in [6.45, 7) is 3.23. The molecule has 1 N–H and O–H groups in total. The van der Waals surface area contributed by atoms with Crippen LogP contribution in [-0.4, -0.2) is 31.7 Å². The van der Waals surface area contributed by atoms with E-state index in [9.17, 15) is 13.2 Å². The second-order valence-corrected chi connectivity index (χ2v) is 9.05. The molecule has 1 heterocycles. The predicted octanol–water partition coefficient (Wildman–Crippen LogP) is 2.85. The molecule has 0 unspecified atom stereocenters. The van der Waals surface area contributed by atoms with E-state index in [0.29, 0.717) is 19.5 Å². The van der Waals surface area contributed by atoms with Crippen molar-refractivity contribution >= 4 is 15.9 Å². The van der Waals surface area contributed by atoms with E-state index in [1.807, 2.05) is 61.5 Å². The van der Waals surface area contributed by atoms with Gasteiger partial charge >= 0.3 is 0 Å². The van der Waals surface area contributed by atoms with Crippen LogP contribution in [-0.2, 0) is 27.1 Å². The van der Waals surface area contributed by atoms with Crippen molar-refractivity contribution in [3.05, 3.63) is 71.3 Å². The molecular weight excluding hydrogens is 360 g/mol. The molecule has 27 heavy (non-hydrogen) atoms. The summed E-state index contributed by atoms with van der Waals surface area (Å²) >= 11 is 0. The average molecular weight is 387 g/mol. The number of carbonyl (C=O) groups excluding carboxylic acids is 1. The summed E-state index contributed by atoms with van der Waals surface area (Å²) in [6, 6.07) is 17.1. The summed E-state index contributed by atoms with van der Waals surface area (Å²) in [5.41, 5.74) is 2.98. The van der Waals surface area contributed by atoms with Crippen LogP contribution in [0, 0.1) is 12.8 Å². The summed E-state index contributed by atoms with van der Waals surface area (Å²) in [5.74, 6) is -0.392. The van der Waals surface area contributed by atoms with Gasteiger partial charge in [-0.05, 0) is 36.5 Å². The number of nitrogens with zero attached hydrogens (tertiary/aromatic N) is 1. The van der Waals surface area contributed by atoms with Gasteiger partial charge in [0.05, 0.1) is 11.7 Å². The third-order valence-corrected chi connectivity index (χ3v) is 6.87. The van der Waals surface area contributed by atoms with Gasteiger partial charge in [0, 0.05) is 19.6 Å². The number of carbonyl (C=O) groups is 1. The van der Waals surface area contributed by atoms with Gasteiger partial charge in [0.15, 0.2) is 0 Å². The summed E-state index contributed by atoms with van der Waals surface area (Å²) in [5, 5.41) is 2.97. The molecule has 0 aromatic heterocycles. The van der Waals surface area contributed by atoms with E-state index in [-0.39, 0.29) is 24.1 Å². The van der Waals surface area contributed by atoms with Crippen molar-refractivity contribution < 1.29 is 13.2 Å². The van der Waals surface area contributed by atoms with E-state index in [1.54, 1.807) is 0 Å². The van der Waals surface area contributed by atoms with Crippen LogP contribution in [0.3, 0.4) is 0 Å². The summed E-state index contributed by atoms with van der Waals surface area (Å²) < 4.78 is 27.0. The molecular formula is C21H26N2O3S. The van der Waals surface area contributed by atoms with Gasteiger partial charge in [0.2, 0.25) is 15.9 Å². The van der Waals surface area contributed by atoms with Crippen molar-refractivity contribution in [2.75, 3.05) is 13.1 Å². The zero-order valence-corrected chi connectivity index (χ0v) is 16.4. The Morgan fingerprint density at radius 3 is 2.56 bits per heavy atom. The number of nitrogens with one attached hydrogen (secondary N) is 1. The second kappa shape index (κ2) is 8.67. The third-order valence-electron chi connectivity index (χ3n) is 5.05. The Labute approximate surface area is 161 Å². The predicted molar refractivity (Wildman–Crippen MR) is 106 cm³/mol. The van der Waals surface area contributed by atoms with E-state index < -0.39 is 10.0 Å². The molecule has 0 saturated carbocycles. The van der Waals surface area contributed by atoms with Crippen LogP contribution in [0.5, 0.6) is 0 Å². The Morgan fingerprint density at radius 1 is 1.11 bits per heavy atom. The number of aryl methyl sites for hydroxylation is 1. The van der Waals surface area contributed by atoms with Gasteiger partial charge in [0.1, 0.15) is 0 Å². The molecule has 2 aromatic rings. The Morgan fingerprint density at radius 2 is 1.81 bits per heavy atom. The number of sulfonamides is 1. The minimum Gasteiger partial charge on any atom is -0.352 e. The van der Waals surface area contributed by atoms with Crippen LogP contribution in [0.15, 0.2) is 54.6 Å². The molecule has 2 aromatic carbocycles. The first-order chi connectivity index (χ1) is 13.0. The van der Waals surface area contributed by atoms with Gasteiger partial charge in [-0.25, -0.2) is 12.7 Å². The maximum Gasteiger partial charge on any atom is 0.224 e. The Kier molecular flexibility index (Phi) is 6.29. The van der Waals surface area contributed by atoms with Crippen LogP contribution in [0.4, 0.5) is 0 Å². The molecule has 5 nitrogen and oxygen atoms in total. The van der Waals surface area contributed by atoms with E-state index >= 15 is 0 Å². The molecule has 0 spiro atoms. The first kappa shape index (κ1) is 19.6. The number of benzene rings is 2. The molecule has 0 aliphatic carbocycles. The lowest BCUT2D eigenvalue weighted by atomic mass is 9.98. The van der Waals surface area contributed by atoms with Crippen molar-refractivity contribution in [1.29, 1.82) is 0 Å². The number of hydrogen-bond acceptors (Lipinski definition) is 3. The topological polar surface area (TPSA) is 66.5 Å². The smallest absolute Gasteiger partial charge is 0.224 e. The Hall–Kier alpha value is -2.18. The molecule has 144 valence electrons. The highest BCUT2D eigenvalue weighted by Crippen LogP contribution is 2.22. The maximum absolute atomic E-state index is 12.7. The third kappa shape index (κ3) is 5.17. The summed E-state index contributed by atoms with van der Waals surface area (Å²) in [6.07, 6.45) is 1.42. The SMILES string of the molecule is Cc1ccccc1CNC(=O)[C@@H]1CCCN(S(=O)(=O)Cc2ccccc2)C1. The van der Waals surface area contributed by atoms with E-state index in [2.05, 4.69) is 5.32 Å². The van der Waals surface area contributed by atoms with Crippen molar-refractivity contribution in [3.8, 4) is 0 Å². The number of hydrogen-bond donors (Lipinski definition) is 1. The van der Waals surface area contributed by atoms with Gasteiger partial charge in [-0.2, -0.15) is 0 Å². The minimum absolute atomic E-state index is 0.0224. The molecule has 1 aliphatic rings. The van der Waals surface area contributed by atoms with Crippen LogP contribution >= 0.6 is 0 Å². The first-order valence-electron chi connectivity index (χ1n) is 9.30. The number of amides is 1. The van der Waals surface area contributed by atoms with Gasteiger partial charge in [-0.15, -0.1) is 0 Å². The van der Waals surface area contributed by atoms with Gasteiger partial charge in [-0.1, -0.05) is 54.6 Å². The highest BCUT2D eigenvalue weighted by molar-refractivity contribution is 7.88. The zero-order chi connectivity index (χ0) is 19.3. The lowest BCUT2D eigenvalue weighted by Gasteiger charge is -2.31. The van der Waals surface area contributed by atoms with Crippen LogP contribution in [0.25, 0.3) is 0 Å². The Balaban J connectivity index is 1.60. The van der Waals surface area contributed by atoms with Gasteiger partial charge < -0.3 is 5.32 Å². The monoisotopic (exact) mass is 386 g/mol. The number of piperidine rings is 1. The van der Waals surface area contributed by atoms with E-state index in [1.165, 1.54) is 4.31 Å². The summed E-state index contributed by atoms with van der Waals surface area (Å²) in [4.78, 5) is 12.6.